The Labute approximate surface area is 158 Å². The zero-order valence-electron chi connectivity index (χ0n) is 15.1. The molecule has 0 unspecified atom stereocenters. The number of nitrogens with zero attached hydrogens (tertiary/aromatic N) is 3. The van der Waals surface area contributed by atoms with E-state index < -0.39 is 10.2 Å². The van der Waals surface area contributed by atoms with E-state index in [-0.39, 0.29) is 5.91 Å². The van der Waals surface area contributed by atoms with Crippen LogP contribution in [0.25, 0.3) is 11.1 Å². The van der Waals surface area contributed by atoms with Crippen LogP contribution in [0.1, 0.15) is 12.6 Å². The first-order valence-electron chi connectivity index (χ1n) is 8.41. The van der Waals surface area contributed by atoms with E-state index in [4.69, 9.17) is 4.74 Å². The van der Waals surface area contributed by atoms with Gasteiger partial charge < -0.3 is 10.1 Å². The molecule has 9 nitrogen and oxygen atoms in total. The molecule has 0 saturated carbocycles. The van der Waals surface area contributed by atoms with Gasteiger partial charge in [-0.15, -0.1) is 0 Å². The van der Waals surface area contributed by atoms with Gasteiger partial charge in [0, 0.05) is 38.0 Å². The van der Waals surface area contributed by atoms with Crippen LogP contribution in [0.3, 0.4) is 0 Å². The minimum absolute atomic E-state index is 0.222. The van der Waals surface area contributed by atoms with Crippen LogP contribution in [0.5, 0.6) is 0 Å². The molecule has 10 heteroatoms. The molecule has 0 spiro atoms. The molecule has 0 aliphatic carbocycles. The van der Waals surface area contributed by atoms with Crippen molar-refractivity contribution in [2.24, 2.45) is 0 Å². The van der Waals surface area contributed by atoms with Gasteiger partial charge in [-0.25, -0.2) is 4.98 Å². The Hall–Kier alpha value is -2.56. The number of carbonyl (C=O) groups excluding carboxylic acids is 1. The standard InChI is InChI=1S/C17H21N5O4S/c1-12-16(21-27(24,25)22-5-7-26-8-6-22)9-15(11-19-12)14-3-4-18-17(10-14)20-13(2)23/h3-4,9-11,21H,5-8H2,1-2H3,(H,18,20,23). The predicted octanol–water partition coefficient (Wildman–Crippen LogP) is 1.40. The summed E-state index contributed by atoms with van der Waals surface area (Å²) in [5.41, 5.74) is 2.42. The number of nitrogens with one attached hydrogen (secondary N) is 2. The van der Waals surface area contributed by atoms with Crippen molar-refractivity contribution in [3.05, 3.63) is 36.3 Å². The average molecular weight is 391 g/mol. The molecule has 1 aliphatic heterocycles. The van der Waals surface area contributed by atoms with E-state index in [9.17, 15) is 13.2 Å². The van der Waals surface area contributed by atoms with Crippen molar-refractivity contribution in [2.45, 2.75) is 13.8 Å². The highest BCUT2D eigenvalue weighted by atomic mass is 32.2. The summed E-state index contributed by atoms with van der Waals surface area (Å²) in [5, 5.41) is 2.62. The first-order chi connectivity index (χ1) is 12.8. The Bertz CT molecular complexity index is 942. The fraction of sp³-hybridized carbons (Fsp3) is 0.353. The summed E-state index contributed by atoms with van der Waals surface area (Å²) in [5.74, 6) is 0.191. The van der Waals surface area contributed by atoms with Crippen LogP contribution < -0.4 is 10.0 Å². The Morgan fingerprint density at radius 3 is 2.63 bits per heavy atom. The third-order valence-corrected chi connectivity index (χ3v) is 5.56. The quantitative estimate of drug-likeness (QED) is 0.796. The molecule has 0 atom stereocenters. The van der Waals surface area contributed by atoms with Crippen LogP contribution >= 0.6 is 0 Å². The fourth-order valence-electron chi connectivity index (χ4n) is 2.64. The summed E-state index contributed by atoms with van der Waals surface area (Å²) in [4.78, 5) is 19.6. The minimum atomic E-state index is -3.69. The molecular formula is C17H21N5O4S. The smallest absolute Gasteiger partial charge is 0.301 e. The van der Waals surface area contributed by atoms with Crippen molar-refractivity contribution in [3.8, 4) is 11.1 Å². The Morgan fingerprint density at radius 1 is 1.19 bits per heavy atom. The summed E-state index contributed by atoms with van der Waals surface area (Å²) in [6, 6.07) is 5.18. The van der Waals surface area contributed by atoms with E-state index in [0.717, 1.165) is 5.56 Å². The van der Waals surface area contributed by atoms with Crippen molar-refractivity contribution in [3.63, 3.8) is 0 Å². The number of pyridine rings is 2. The molecule has 0 aromatic carbocycles. The van der Waals surface area contributed by atoms with Gasteiger partial charge in [0.2, 0.25) is 5.91 Å². The number of ether oxygens (including phenoxy) is 1. The van der Waals surface area contributed by atoms with E-state index in [1.807, 2.05) is 0 Å². The molecule has 1 fully saturated rings. The largest absolute Gasteiger partial charge is 0.379 e. The number of morpholine rings is 1. The second-order valence-corrected chi connectivity index (χ2v) is 7.76. The molecule has 2 aromatic heterocycles. The highest BCUT2D eigenvalue weighted by Gasteiger charge is 2.25. The lowest BCUT2D eigenvalue weighted by Gasteiger charge is -2.26. The number of rotatable bonds is 5. The van der Waals surface area contributed by atoms with Crippen LogP contribution in [0.2, 0.25) is 0 Å². The van der Waals surface area contributed by atoms with Crippen LogP contribution in [0.4, 0.5) is 11.5 Å². The monoisotopic (exact) mass is 391 g/mol. The van der Waals surface area contributed by atoms with Gasteiger partial charge >= 0.3 is 10.2 Å². The normalized spacial score (nSPS) is 15.3. The fourth-order valence-corrected chi connectivity index (χ4v) is 3.89. The molecule has 144 valence electrons. The number of aryl methyl sites for hydroxylation is 1. The van der Waals surface area contributed by atoms with Gasteiger partial charge in [-0.3, -0.25) is 14.5 Å². The Kier molecular flexibility index (Phi) is 5.68. The summed E-state index contributed by atoms with van der Waals surface area (Å²) in [6.45, 7) is 4.51. The molecule has 1 amide bonds. The second kappa shape index (κ2) is 7.99. The molecule has 1 saturated heterocycles. The first-order valence-corrected chi connectivity index (χ1v) is 9.85. The maximum absolute atomic E-state index is 12.6. The van der Waals surface area contributed by atoms with Crippen LogP contribution in [0, 0.1) is 6.92 Å². The van der Waals surface area contributed by atoms with E-state index in [1.54, 1.807) is 37.5 Å². The zero-order valence-corrected chi connectivity index (χ0v) is 15.9. The summed E-state index contributed by atoms with van der Waals surface area (Å²) < 4.78 is 34.4. The molecule has 1 aliphatic rings. The third-order valence-electron chi connectivity index (χ3n) is 4.03. The molecule has 3 rings (SSSR count). The van der Waals surface area contributed by atoms with Gasteiger partial charge in [-0.05, 0) is 30.7 Å². The highest BCUT2D eigenvalue weighted by Crippen LogP contribution is 2.26. The van der Waals surface area contributed by atoms with Gasteiger partial charge in [-0.1, -0.05) is 0 Å². The van der Waals surface area contributed by atoms with E-state index in [1.165, 1.54) is 11.2 Å². The van der Waals surface area contributed by atoms with Gasteiger partial charge in [0.25, 0.3) is 0 Å². The number of hydrogen-bond acceptors (Lipinski definition) is 6. The topological polar surface area (TPSA) is 114 Å². The third kappa shape index (κ3) is 4.79. The predicted molar refractivity (Wildman–Crippen MR) is 101 cm³/mol. The molecule has 0 bridgehead atoms. The first kappa shape index (κ1) is 19.2. The van der Waals surface area contributed by atoms with Crippen molar-refractivity contribution >= 4 is 27.6 Å². The average Bonchev–Trinajstić information content (AvgIpc) is 2.64. The summed E-state index contributed by atoms with van der Waals surface area (Å²) in [7, 11) is -3.69. The maximum atomic E-state index is 12.6. The van der Waals surface area contributed by atoms with Crippen LogP contribution in [-0.4, -0.2) is 54.9 Å². The Balaban J connectivity index is 1.87. The highest BCUT2D eigenvalue weighted by molar-refractivity contribution is 7.90. The van der Waals surface area contributed by atoms with Crippen molar-refractivity contribution in [1.29, 1.82) is 0 Å². The SMILES string of the molecule is CC(=O)Nc1cc(-c2cnc(C)c(NS(=O)(=O)N3CCOCC3)c2)ccn1. The molecular weight excluding hydrogens is 370 g/mol. The van der Waals surface area contributed by atoms with E-state index >= 15 is 0 Å². The number of carbonyl (C=O) groups is 1. The molecule has 27 heavy (non-hydrogen) atoms. The minimum Gasteiger partial charge on any atom is -0.379 e. The van der Waals surface area contributed by atoms with Crippen molar-refractivity contribution in [2.75, 3.05) is 36.3 Å². The number of hydrogen-bond donors (Lipinski definition) is 2. The lowest BCUT2D eigenvalue weighted by Crippen LogP contribution is -2.43. The number of aromatic nitrogens is 2. The summed E-state index contributed by atoms with van der Waals surface area (Å²) in [6.07, 6.45) is 3.22. The molecule has 2 N–H and O–H groups in total. The number of amides is 1. The lowest BCUT2D eigenvalue weighted by molar-refractivity contribution is -0.114. The molecule has 0 radical (unpaired) electrons. The summed E-state index contributed by atoms with van der Waals surface area (Å²) >= 11 is 0. The van der Waals surface area contributed by atoms with Gasteiger partial charge in [0.05, 0.1) is 24.6 Å². The second-order valence-electron chi connectivity index (χ2n) is 6.09. The van der Waals surface area contributed by atoms with Gasteiger partial charge in [0.15, 0.2) is 0 Å². The zero-order chi connectivity index (χ0) is 19.4. The van der Waals surface area contributed by atoms with Gasteiger partial charge in [0.1, 0.15) is 5.82 Å². The van der Waals surface area contributed by atoms with Crippen molar-refractivity contribution in [1.82, 2.24) is 14.3 Å². The lowest BCUT2D eigenvalue weighted by atomic mass is 10.1. The number of anilines is 2. The van der Waals surface area contributed by atoms with Gasteiger partial charge in [-0.2, -0.15) is 12.7 Å². The van der Waals surface area contributed by atoms with Crippen molar-refractivity contribution < 1.29 is 17.9 Å². The van der Waals surface area contributed by atoms with E-state index in [0.29, 0.717) is 49.1 Å². The molecule has 3 heterocycles. The Morgan fingerprint density at radius 2 is 1.93 bits per heavy atom. The van der Waals surface area contributed by atoms with Crippen LogP contribution in [0.15, 0.2) is 30.6 Å². The maximum Gasteiger partial charge on any atom is 0.301 e. The molecule has 2 aromatic rings. The van der Waals surface area contributed by atoms with Crippen LogP contribution in [-0.2, 0) is 19.7 Å². The van der Waals surface area contributed by atoms with E-state index in [2.05, 4.69) is 20.0 Å².